The maximum absolute atomic E-state index is 14.2. The number of amides is 1. The van der Waals surface area contributed by atoms with E-state index in [1.807, 2.05) is 37.3 Å². The number of piperidine rings is 1. The summed E-state index contributed by atoms with van der Waals surface area (Å²) in [5.41, 5.74) is 0.511. The molecular formula is C26H32Cl2N2O5S. The lowest BCUT2D eigenvalue weighted by atomic mass is 9.67. The molecule has 1 aliphatic heterocycles. The van der Waals surface area contributed by atoms with Crippen molar-refractivity contribution in [2.45, 2.75) is 51.1 Å². The Hall–Kier alpha value is -2.13. The highest BCUT2D eigenvalue weighted by Crippen LogP contribution is 2.52. The van der Waals surface area contributed by atoms with Crippen molar-refractivity contribution in [3.8, 4) is 0 Å². The predicted molar refractivity (Wildman–Crippen MR) is 142 cm³/mol. The van der Waals surface area contributed by atoms with Crippen LogP contribution in [-0.4, -0.2) is 60.5 Å². The lowest BCUT2D eigenvalue weighted by molar-refractivity contribution is -0.160. The van der Waals surface area contributed by atoms with Crippen LogP contribution in [0, 0.1) is 5.41 Å². The van der Waals surface area contributed by atoms with Gasteiger partial charge in [-0.3, -0.25) is 9.59 Å². The number of carboxylic acid groups (broad SMARTS) is 1. The first-order chi connectivity index (χ1) is 16.8. The number of likely N-dealkylation sites (N-methyl/N-ethyl adjacent to an activating group) is 1. The Balaban J connectivity index is 2.24. The molecule has 4 atom stereocenters. The molecule has 7 nitrogen and oxygen atoms in total. The van der Waals surface area contributed by atoms with Crippen LogP contribution in [0.3, 0.4) is 0 Å². The van der Waals surface area contributed by atoms with Gasteiger partial charge in [-0.15, -0.1) is 0 Å². The third kappa shape index (κ3) is 6.22. The van der Waals surface area contributed by atoms with Gasteiger partial charge < -0.3 is 10.0 Å². The first-order valence-electron chi connectivity index (χ1n) is 11.7. The van der Waals surface area contributed by atoms with Gasteiger partial charge in [0.1, 0.15) is 0 Å². The Morgan fingerprint density at radius 3 is 2.33 bits per heavy atom. The van der Waals surface area contributed by atoms with Gasteiger partial charge in [0.15, 0.2) is 0 Å². The van der Waals surface area contributed by atoms with E-state index < -0.39 is 33.5 Å². The van der Waals surface area contributed by atoms with E-state index in [2.05, 4.69) is 0 Å². The molecule has 1 aliphatic rings. The van der Waals surface area contributed by atoms with Crippen molar-refractivity contribution < 1.29 is 23.1 Å². The molecule has 1 saturated heterocycles. The van der Waals surface area contributed by atoms with Crippen LogP contribution >= 0.6 is 23.2 Å². The maximum Gasteiger partial charge on any atom is 0.304 e. The second-order valence-corrected chi connectivity index (χ2v) is 12.8. The van der Waals surface area contributed by atoms with Crippen molar-refractivity contribution in [1.29, 1.82) is 0 Å². The third-order valence-electron chi connectivity index (χ3n) is 7.03. The maximum atomic E-state index is 14.2. The molecule has 0 saturated carbocycles. The molecule has 2 aromatic carbocycles. The number of nitrogens with zero attached hydrogens (tertiary/aromatic N) is 2. The molecule has 1 N–H and O–H groups in total. The lowest BCUT2D eigenvalue weighted by Crippen LogP contribution is -2.58. The molecule has 0 aromatic heterocycles. The van der Waals surface area contributed by atoms with E-state index in [4.69, 9.17) is 23.2 Å². The SMILES string of the molecule is CCC(CN(C)S(C)(=O)=O)N1C(=O)[C@@](C)(CC(=O)O)C[C@H](c2cccc(Cl)c2)[C@H]1c1ccc(Cl)cc1. The van der Waals surface area contributed by atoms with Crippen molar-refractivity contribution >= 4 is 45.1 Å². The molecule has 0 aliphatic carbocycles. The topological polar surface area (TPSA) is 95.0 Å². The third-order valence-corrected chi connectivity index (χ3v) is 8.80. The van der Waals surface area contributed by atoms with E-state index in [0.717, 1.165) is 17.4 Å². The first-order valence-corrected chi connectivity index (χ1v) is 14.3. The molecule has 196 valence electrons. The lowest BCUT2D eigenvalue weighted by Gasteiger charge is -2.52. The molecular weight excluding hydrogens is 523 g/mol. The number of halogens is 2. The summed E-state index contributed by atoms with van der Waals surface area (Å²) in [7, 11) is -2.02. The normalized spacial score (nSPS) is 23.6. The van der Waals surface area contributed by atoms with Gasteiger partial charge in [-0.05, 0) is 48.2 Å². The Labute approximate surface area is 223 Å². The quantitative estimate of drug-likeness (QED) is 0.459. The fraction of sp³-hybridized carbons (Fsp3) is 0.462. The Kier molecular flexibility index (Phi) is 8.76. The Bertz CT molecular complexity index is 1220. The fourth-order valence-electron chi connectivity index (χ4n) is 5.13. The summed E-state index contributed by atoms with van der Waals surface area (Å²) in [5.74, 6) is -1.66. The summed E-state index contributed by atoms with van der Waals surface area (Å²) in [5, 5.41) is 10.8. The second-order valence-electron chi connectivity index (χ2n) is 9.81. The van der Waals surface area contributed by atoms with Crippen LogP contribution in [0.25, 0.3) is 0 Å². The number of aliphatic carboxylic acids is 1. The number of carboxylic acids is 1. The van der Waals surface area contributed by atoms with Gasteiger partial charge in [0.2, 0.25) is 15.9 Å². The van der Waals surface area contributed by atoms with E-state index in [-0.39, 0.29) is 24.8 Å². The minimum Gasteiger partial charge on any atom is -0.481 e. The standard InChI is InChI=1S/C26H32Cl2N2O5S/c1-5-21(16-29(3)36(4,34)35)30-24(17-9-11-19(27)12-10-17)22(18-7-6-8-20(28)13-18)14-26(2,25(30)33)15-23(31)32/h6-13,21-22,24H,5,14-16H2,1-4H3,(H,31,32)/t21?,22-,24-,26-/m1/s1. The number of rotatable bonds is 9. The Morgan fingerprint density at radius 1 is 1.17 bits per heavy atom. The molecule has 10 heteroatoms. The second kappa shape index (κ2) is 11.1. The predicted octanol–water partition coefficient (Wildman–Crippen LogP) is 5.20. The molecule has 1 unspecified atom stereocenters. The van der Waals surface area contributed by atoms with Crippen LogP contribution in [0.1, 0.15) is 56.2 Å². The van der Waals surface area contributed by atoms with Gasteiger partial charge in [-0.2, -0.15) is 0 Å². The van der Waals surface area contributed by atoms with Crippen LogP contribution < -0.4 is 0 Å². The fourth-order valence-corrected chi connectivity index (χ4v) is 5.89. The highest BCUT2D eigenvalue weighted by molar-refractivity contribution is 7.88. The van der Waals surface area contributed by atoms with Gasteiger partial charge in [-0.1, -0.05) is 61.3 Å². The van der Waals surface area contributed by atoms with Crippen molar-refractivity contribution in [1.82, 2.24) is 9.21 Å². The van der Waals surface area contributed by atoms with Crippen molar-refractivity contribution in [2.24, 2.45) is 5.41 Å². The minimum atomic E-state index is -3.50. The van der Waals surface area contributed by atoms with Gasteiger partial charge in [0, 0.05) is 35.6 Å². The number of likely N-dealkylation sites (tertiary alicyclic amines) is 1. The van der Waals surface area contributed by atoms with E-state index >= 15 is 0 Å². The molecule has 0 spiro atoms. The average molecular weight is 556 g/mol. The van der Waals surface area contributed by atoms with Crippen LogP contribution in [0.2, 0.25) is 10.0 Å². The summed E-state index contributed by atoms with van der Waals surface area (Å²) < 4.78 is 25.7. The highest BCUT2D eigenvalue weighted by Gasteiger charge is 2.52. The van der Waals surface area contributed by atoms with Crippen molar-refractivity contribution in [3.05, 3.63) is 69.7 Å². The highest BCUT2D eigenvalue weighted by atomic mass is 35.5. The molecule has 1 amide bonds. The zero-order chi connectivity index (χ0) is 26.8. The first kappa shape index (κ1) is 28.4. The van der Waals surface area contributed by atoms with Gasteiger partial charge in [0.05, 0.1) is 24.1 Å². The van der Waals surface area contributed by atoms with Crippen molar-refractivity contribution in [3.63, 3.8) is 0 Å². The molecule has 0 radical (unpaired) electrons. The van der Waals surface area contributed by atoms with E-state index in [9.17, 15) is 23.1 Å². The summed E-state index contributed by atoms with van der Waals surface area (Å²) in [6.07, 6.45) is 1.55. The summed E-state index contributed by atoms with van der Waals surface area (Å²) in [4.78, 5) is 27.7. The molecule has 1 fully saturated rings. The van der Waals surface area contributed by atoms with Crippen LogP contribution in [0.15, 0.2) is 48.5 Å². The van der Waals surface area contributed by atoms with Gasteiger partial charge >= 0.3 is 5.97 Å². The largest absolute Gasteiger partial charge is 0.481 e. The number of carbonyl (C=O) groups is 2. The molecule has 0 bridgehead atoms. The summed E-state index contributed by atoms with van der Waals surface area (Å²) in [6.45, 7) is 3.65. The monoisotopic (exact) mass is 554 g/mol. The van der Waals surface area contributed by atoms with Crippen LogP contribution in [-0.2, 0) is 19.6 Å². The molecule has 36 heavy (non-hydrogen) atoms. The summed E-state index contributed by atoms with van der Waals surface area (Å²) in [6, 6.07) is 13.6. The number of hydrogen-bond donors (Lipinski definition) is 1. The average Bonchev–Trinajstić information content (AvgIpc) is 2.78. The molecule has 1 heterocycles. The smallest absolute Gasteiger partial charge is 0.304 e. The number of sulfonamides is 1. The summed E-state index contributed by atoms with van der Waals surface area (Å²) >= 11 is 12.5. The van der Waals surface area contributed by atoms with E-state index in [0.29, 0.717) is 22.9 Å². The van der Waals surface area contributed by atoms with Crippen LogP contribution in [0.5, 0.6) is 0 Å². The number of benzene rings is 2. The molecule has 3 rings (SSSR count). The van der Waals surface area contributed by atoms with E-state index in [1.165, 1.54) is 11.4 Å². The van der Waals surface area contributed by atoms with E-state index in [1.54, 1.807) is 30.0 Å². The van der Waals surface area contributed by atoms with Crippen LogP contribution in [0.4, 0.5) is 0 Å². The van der Waals surface area contributed by atoms with Gasteiger partial charge in [-0.25, -0.2) is 12.7 Å². The van der Waals surface area contributed by atoms with Crippen molar-refractivity contribution in [2.75, 3.05) is 19.8 Å². The Morgan fingerprint density at radius 2 is 1.81 bits per heavy atom. The van der Waals surface area contributed by atoms with Gasteiger partial charge in [0.25, 0.3) is 0 Å². The number of carbonyl (C=O) groups excluding carboxylic acids is 1. The molecule has 2 aromatic rings. The minimum absolute atomic E-state index is 0.0799. The number of hydrogen-bond acceptors (Lipinski definition) is 4. The zero-order valence-corrected chi connectivity index (χ0v) is 23.1. The zero-order valence-electron chi connectivity index (χ0n) is 20.8.